The van der Waals surface area contributed by atoms with Crippen LogP contribution in [0.2, 0.25) is 0 Å². The second-order valence-corrected chi connectivity index (χ2v) is 4.96. The zero-order valence-corrected chi connectivity index (χ0v) is 10.6. The van der Waals surface area contributed by atoms with Gasteiger partial charge < -0.3 is 10.4 Å². The number of hydrogen-bond donors (Lipinski definition) is 2. The van der Waals surface area contributed by atoms with Crippen LogP contribution in [-0.4, -0.2) is 38.5 Å². The molecule has 1 aromatic rings. The molecule has 1 amide bonds. The van der Waals surface area contributed by atoms with E-state index < -0.39 is 30.2 Å². The van der Waals surface area contributed by atoms with Crippen LogP contribution in [0.3, 0.4) is 0 Å². The summed E-state index contributed by atoms with van der Waals surface area (Å²) in [4.78, 5) is 11.5. The third kappa shape index (κ3) is 3.14. The summed E-state index contributed by atoms with van der Waals surface area (Å²) in [5.41, 5.74) is -2.69. The van der Waals surface area contributed by atoms with E-state index in [4.69, 9.17) is 0 Å². The molecule has 1 aromatic heterocycles. The summed E-state index contributed by atoms with van der Waals surface area (Å²) < 4.78 is 64.3. The zero-order valence-electron chi connectivity index (χ0n) is 10.6. The highest BCUT2D eigenvalue weighted by atomic mass is 19.4. The van der Waals surface area contributed by atoms with E-state index in [1.165, 1.54) is 0 Å². The van der Waals surface area contributed by atoms with Gasteiger partial charge in [0.05, 0.1) is 11.9 Å². The molecule has 21 heavy (non-hydrogen) atoms. The van der Waals surface area contributed by atoms with Crippen LogP contribution in [-0.2, 0) is 11.3 Å². The summed E-state index contributed by atoms with van der Waals surface area (Å²) in [5.74, 6) is -5.78. The third-order valence-electron chi connectivity index (χ3n) is 3.28. The lowest BCUT2D eigenvalue weighted by atomic mass is 9.75. The Labute approximate surface area is 115 Å². The fraction of sp³-hybridized carbons (Fsp3) is 0.636. The molecule has 1 aliphatic carbocycles. The van der Waals surface area contributed by atoms with Gasteiger partial charge in [-0.15, -0.1) is 0 Å². The molecule has 0 radical (unpaired) electrons. The summed E-state index contributed by atoms with van der Waals surface area (Å²) in [6.45, 7) is -1.40. The Balaban J connectivity index is 2.03. The average Bonchev–Trinajstić information content (AvgIpc) is 2.70. The molecule has 118 valence electrons. The van der Waals surface area contributed by atoms with Crippen LogP contribution in [0.5, 0.6) is 0 Å². The van der Waals surface area contributed by atoms with Gasteiger partial charge in [0.2, 0.25) is 0 Å². The Morgan fingerprint density at radius 1 is 1.38 bits per heavy atom. The molecule has 0 saturated heterocycles. The van der Waals surface area contributed by atoms with Crippen LogP contribution >= 0.6 is 0 Å². The second kappa shape index (κ2) is 4.93. The molecule has 5 nitrogen and oxygen atoms in total. The van der Waals surface area contributed by atoms with Gasteiger partial charge in [-0.1, -0.05) is 0 Å². The first-order valence-electron chi connectivity index (χ1n) is 6.04. The van der Waals surface area contributed by atoms with Crippen LogP contribution in [0.4, 0.5) is 27.6 Å². The monoisotopic (exact) mass is 313 g/mol. The zero-order chi connectivity index (χ0) is 15.9. The number of amides is 1. The Kier molecular flexibility index (Phi) is 3.68. The summed E-state index contributed by atoms with van der Waals surface area (Å²) >= 11 is 0. The molecule has 2 N–H and O–H groups in total. The molecule has 10 heteroatoms. The smallest absolute Gasteiger partial charge is 0.383 e. The number of carbonyl (C=O) groups excluding carboxylic acids is 1. The van der Waals surface area contributed by atoms with Gasteiger partial charge in [0.25, 0.3) is 5.91 Å². The van der Waals surface area contributed by atoms with Crippen molar-refractivity contribution >= 4 is 11.6 Å². The summed E-state index contributed by atoms with van der Waals surface area (Å²) in [6, 6.07) is 0. The predicted molar refractivity (Wildman–Crippen MR) is 60.7 cm³/mol. The molecule has 0 unspecified atom stereocenters. The molecule has 1 saturated carbocycles. The van der Waals surface area contributed by atoms with Crippen molar-refractivity contribution in [1.29, 1.82) is 0 Å². The van der Waals surface area contributed by atoms with Gasteiger partial charge in [-0.05, 0) is 19.3 Å². The number of alkyl halides is 5. The minimum Gasteiger partial charge on any atom is -0.383 e. The number of anilines is 1. The van der Waals surface area contributed by atoms with Crippen molar-refractivity contribution in [3.63, 3.8) is 0 Å². The van der Waals surface area contributed by atoms with Crippen LogP contribution in [0, 0.1) is 0 Å². The molecule has 1 aliphatic rings. The first-order valence-corrected chi connectivity index (χ1v) is 6.04. The van der Waals surface area contributed by atoms with Crippen molar-refractivity contribution in [1.82, 2.24) is 9.78 Å². The molecule has 0 aromatic carbocycles. The van der Waals surface area contributed by atoms with Crippen molar-refractivity contribution in [2.45, 2.75) is 43.5 Å². The molecule has 1 fully saturated rings. The largest absolute Gasteiger partial charge is 0.408 e. The van der Waals surface area contributed by atoms with Crippen LogP contribution in [0.15, 0.2) is 12.4 Å². The topological polar surface area (TPSA) is 67.2 Å². The van der Waals surface area contributed by atoms with Crippen molar-refractivity contribution in [3.8, 4) is 0 Å². The highest BCUT2D eigenvalue weighted by Crippen LogP contribution is 2.44. The lowest BCUT2D eigenvalue weighted by molar-refractivity contribution is -0.212. The van der Waals surface area contributed by atoms with Gasteiger partial charge >= 0.3 is 12.1 Å². The maximum Gasteiger partial charge on any atom is 0.408 e. The van der Waals surface area contributed by atoms with Crippen molar-refractivity contribution in [2.24, 2.45) is 0 Å². The van der Waals surface area contributed by atoms with E-state index in [1.54, 1.807) is 5.32 Å². The fourth-order valence-electron chi connectivity index (χ4n) is 1.94. The molecule has 2 rings (SSSR count). The van der Waals surface area contributed by atoms with Crippen LogP contribution < -0.4 is 5.32 Å². The van der Waals surface area contributed by atoms with E-state index in [-0.39, 0.29) is 18.5 Å². The van der Waals surface area contributed by atoms with Gasteiger partial charge in [-0.2, -0.15) is 27.1 Å². The van der Waals surface area contributed by atoms with E-state index in [0.29, 0.717) is 11.1 Å². The number of hydrogen-bond acceptors (Lipinski definition) is 3. The SMILES string of the molecule is O=C(Nc1cnn(CC(F)(F)F)c1)C(F)(F)C1(O)CCC1. The van der Waals surface area contributed by atoms with Gasteiger partial charge in [0.1, 0.15) is 12.1 Å². The molecule has 0 atom stereocenters. The van der Waals surface area contributed by atoms with E-state index in [0.717, 1.165) is 12.4 Å². The molecular weight excluding hydrogens is 301 g/mol. The van der Waals surface area contributed by atoms with Crippen LogP contribution in [0.25, 0.3) is 0 Å². The Morgan fingerprint density at radius 3 is 2.48 bits per heavy atom. The van der Waals surface area contributed by atoms with Gasteiger partial charge in [0, 0.05) is 6.20 Å². The number of nitrogens with one attached hydrogen (secondary N) is 1. The summed E-state index contributed by atoms with van der Waals surface area (Å²) in [5, 5.41) is 14.6. The second-order valence-electron chi connectivity index (χ2n) is 4.96. The van der Waals surface area contributed by atoms with E-state index in [9.17, 15) is 31.9 Å². The predicted octanol–water partition coefficient (Wildman–Crippen LogP) is 1.93. The maximum absolute atomic E-state index is 13.7. The van der Waals surface area contributed by atoms with Crippen molar-refractivity contribution in [3.05, 3.63) is 12.4 Å². The van der Waals surface area contributed by atoms with Gasteiger partial charge in [-0.3, -0.25) is 9.48 Å². The molecular formula is C11H12F5N3O2. The van der Waals surface area contributed by atoms with Gasteiger partial charge in [-0.25, -0.2) is 0 Å². The fourth-order valence-corrected chi connectivity index (χ4v) is 1.94. The number of rotatable bonds is 4. The number of aromatic nitrogens is 2. The number of halogens is 5. The van der Waals surface area contributed by atoms with E-state index >= 15 is 0 Å². The Hall–Kier alpha value is -1.71. The standard InChI is InChI=1S/C11H12F5N3O2/c12-10(13,14)6-19-5-7(4-17-19)18-8(20)11(15,16)9(21)2-1-3-9/h4-5,21H,1-3,6H2,(H,18,20). The lowest BCUT2D eigenvalue weighted by Gasteiger charge is -2.41. The highest BCUT2D eigenvalue weighted by Gasteiger charge is 2.61. The number of carbonyl (C=O) groups is 1. The van der Waals surface area contributed by atoms with E-state index in [1.807, 2.05) is 0 Å². The average molecular weight is 313 g/mol. The first-order chi connectivity index (χ1) is 9.53. The number of nitrogens with zero attached hydrogens (tertiary/aromatic N) is 2. The highest BCUT2D eigenvalue weighted by molar-refractivity contribution is 5.97. The Bertz CT molecular complexity index is 536. The minimum atomic E-state index is -4.52. The molecule has 0 aliphatic heterocycles. The summed E-state index contributed by atoms with van der Waals surface area (Å²) in [6.07, 6.45) is -2.94. The van der Waals surface area contributed by atoms with Crippen molar-refractivity contribution < 1.29 is 31.9 Å². The molecule has 1 heterocycles. The van der Waals surface area contributed by atoms with Crippen LogP contribution in [0.1, 0.15) is 19.3 Å². The quantitative estimate of drug-likeness (QED) is 0.835. The minimum absolute atomic E-state index is 0.208. The molecule has 0 spiro atoms. The van der Waals surface area contributed by atoms with E-state index in [2.05, 4.69) is 5.10 Å². The van der Waals surface area contributed by atoms with Gasteiger partial charge in [0.15, 0.2) is 0 Å². The Morgan fingerprint density at radius 2 is 2.00 bits per heavy atom. The third-order valence-corrected chi connectivity index (χ3v) is 3.28. The number of aliphatic hydroxyl groups is 1. The lowest BCUT2D eigenvalue weighted by Crippen LogP contribution is -2.59. The normalized spacial score (nSPS) is 18.2. The maximum atomic E-state index is 13.7. The molecule has 0 bridgehead atoms. The van der Waals surface area contributed by atoms with Crippen molar-refractivity contribution in [2.75, 3.05) is 5.32 Å². The summed E-state index contributed by atoms with van der Waals surface area (Å²) in [7, 11) is 0. The first kappa shape index (κ1) is 15.7.